The number of hydrogen-bond donors (Lipinski definition) is 2. The topological polar surface area (TPSA) is 71.1 Å². The van der Waals surface area contributed by atoms with E-state index in [0.29, 0.717) is 17.3 Å². The Morgan fingerprint density at radius 1 is 1.09 bits per heavy atom. The van der Waals surface area contributed by atoms with Crippen LogP contribution in [0.1, 0.15) is 42.6 Å². The van der Waals surface area contributed by atoms with Crippen molar-refractivity contribution in [3.05, 3.63) is 53.7 Å². The molecule has 2 aromatic rings. The Morgan fingerprint density at radius 3 is 2.50 bits per heavy atom. The smallest absolute Gasteiger partial charge is 0.255 e. The zero-order chi connectivity index (χ0) is 16.1. The first-order valence-electron chi connectivity index (χ1n) is 7.11. The SMILES string of the molecule is CC(=O)Nc1cc(C(=O)Nc2ccccc2C(C)C)ccn1. The molecule has 0 fully saturated rings. The number of rotatable bonds is 4. The van der Waals surface area contributed by atoms with E-state index in [9.17, 15) is 9.59 Å². The third-order valence-electron chi connectivity index (χ3n) is 3.16. The fourth-order valence-electron chi connectivity index (χ4n) is 2.13. The maximum atomic E-state index is 12.4. The second kappa shape index (κ2) is 6.85. The second-order valence-electron chi connectivity index (χ2n) is 5.31. The van der Waals surface area contributed by atoms with Crippen molar-refractivity contribution in [3.63, 3.8) is 0 Å². The molecule has 1 heterocycles. The third-order valence-corrected chi connectivity index (χ3v) is 3.16. The average molecular weight is 297 g/mol. The van der Waals surface area contributed by atoms with Gasteiger partial charge in [-0.3, -0.25) is 9.59 Å². The molecule has 0 bridgehead atoms. The van der Waals surface area contributed by atoms with E-state index in [4.69, 9.17) is 0 Å². The molecule has 0 spiro atoms. The van der Waals surface area contributed by atoms with Crippen LogP contribution in [0.25, 0.3) is 0 Å². The standard InChI is InChI=1S/C17H19N3O2/c1-11(2)14-6-4-5-7-15(14)20-17(22)13-8-9-18-16(10-13)19-12(3)21/h4-11H,1-3H3,(H,20,22)(H,18,19,21). The number of amides is 2. The highest BCUT2D eigenvalue weighted by atomic mass is 16.2. The second-order valence-corrected chi connectivity index (χ2v) is 5.31. The number of pyridine rings is 1. The minimum Gasteiger partial charge on any atom is -0.322 e. The normalized spacial score (nSPS) is 10.4. The quantitative estimate of drug-likeness (QED) is 0.908. The fraction of sp³-hybridized carbons (Fsp3) is 0.235. The Morgan fingerprint density at radius 2 is 1.82 bits per heavy atom. The van der Waals surface area contributed by atoms with Crippen LogP contribution in [0.15, 0.2) is 42.6 Å². The fourth-order valence-corrected chi connectivity index (χ4v) is 2.13. The predicted octanol–water partition coefficient (Wildman–Crippen LogP) is 3.42. The summed E-state index contributed by atoms with van der Waals surface area (Å²) in [5.74, 6) is 0.207. The van der Waals surface area contributed by atoms with E-state index in [-0.39, 0.29) is 11.8 Å². The van der Waals surface area contributed by atoms with Crippen molar-refractivity contribution in [3.8, 4) is 0 Å². The van der Waals surface area contributed by atoms with Gasteiger partial charge >= 0.3 is 0 Å². The molecular weight excluding hydrogens is 278 g/mol. The van der Waals surface area contributed by atoms with Crippen LogP contribution in [0, 0.1) is 0 Å². The van der Waals surface area contributed by atoms with E-state index in [2.05, 4.69) is 29.5 Å². The summed E-state index contributed by atoms with van der Waals surface area (Å²) in [6.07, 6.45) is 1.49. The summed E-state index contributed by atoms with van der Waals surface area (Å²) in [5, 5.41) is 5.47. The molecule has 5 nitrogen and oxygen atoms in total. The maximum absolute atomic E-state index is 12.4. The van der Waals surface area contributed by atoms with Gasteiger partial charge in [-0.05, 0) is 29.7 Å². The number of hydrogen-bond acceptors (Lipinski definition) is 3. The third kappa shape index (κ3) is 3.91. The van der Waals surface area contributed by atoms with Crippen LogP contribution in [-0.2, 0) is 4.79 Å². The molecule has 0 aliphatic rings. The van der Waals surface area contributed by atoms with Crippen LogP contribution in [0.2, 0.25) is 0 Å². The van der Waals surface area contributed by atoms with E-state index in [1.54, 1.807) is 12.1 Å². The molecule has 0 radical (unpaired) electrons. The van der Waals surface area contributed by atoms with E-state index in [0.717, 1.165) is 11.3 Å². The van der Waals surface area contributed by atoms with Crippen LogP contribution < -0.4 is 10.6 Å². The number of para-hydroxylation sites is 1. The molecule has 0 aliphatic heterocycles. The van der Waals surface area contributed by atoms with Gasteiger partial charge in [0.25, 0.3) is 5.91 Å². The molecule has 2 rings (SSSR count). The van der Waals surface area contributed by atoms with E-state index in [1.807, 2.05) is 24.3 Å². The molecule has 2 N–H and O–H groups in total. The van der Waals surface area contributed by atoms with Crippen LogP contribution in [0.4, 0.5) is 11.5 Å². The molecule has 0 aliphatic carbocycles. The predicted molar refractivity (Wildman–Crippen MR) is 87.0 cm³/mol. The molecule has 0 atom stereocenters. The lowest BCUT2D eigenvalue weighted by atomic mass is 10.0. The van der Waals surface area contributed by atoms with Crippen molar-refractivity contribution < 1.29 is 9.59 Å². The largest absolute Gasteiger partial charge is 0.322 e. The monoisotopic (exact) mass is 297 g/mol. The number of nitrogens with one attached hydrogen (secondary N) is 2. The van der Waals surface area contributed by atoms with Gasteiger partial charge in [0.2, 0.25) is 5.91 Å². The number of nitrogens with zero attached hydrogens (tertiary/aromatic N) is 1. The summed E-state index contributed by atoms with van der Waals surface area (Å²) >= 11 is 0. The Labute approximate surface area is 129 Å². The summed E-state index contributed by atoms with van der Waals surface area (Å²) in [6, 6.07) is 10.9. The number of benzene rings is 1. The molecule has 22 heavy (non-hydrogen) atoms. The Kier molecular flexibility index (Phi) is 4.88. The maximum Gasteiger partial charge on any atom is 0.255 e. The highest BCUT2D eigenvalue weighted by Crippen LogP contribution is 2.24. The lowest BCUT2D eigenvalue weighted by Gasteiger charge is -2.13. The zero-order valence-corrected chi connectivity index (χ0v) is 12.9. The molecule has 0 saturated heterocycles. The highest BCUT2D eigenvalue weighted by Gasteiger charge is 2.11. The first kappa shape index (κ1) is 15.7. The molecule has 114 valence electrons. The van der Waals surface area contributed by atoms with Gasteiger partial charge < -0.3 is 10.6 Å². The van der Waals surface area contributed by atoms with Crippen LogP contribution >= 0.6 is 0 Å². The molecule has 5 heteroatoms. The Balaban J connectivity index is 2.21. The number of carbonyl (C=O) groups is 2. The number of anilines is 2. The highest BCUT2D eigenvalue weighted by molar-refractivity contribution is 6.05. The van der Waals surface area contributed by atoms with Crippen molar-refractivity contribution in [2.75, 3.05) is 10.6 Å². The van der Waals surface area contributed by atoms with Gasteiger partial charge in [-0.25, -0.2) is 4.98 Å². The average Bonchev–Trinajstić information content (AvgIpc) is 2.47. The summed E-state index contributed by atoms with van der Waals surface area (Å²) in [4.78, 5) is 27.4. The molecule has 1 aromatic heterocycles. The minimum absolute atomic E-state index is 0.227. The van der Waals surface area contributed by atoms with Crippen molar-refractivity contribution in [1.29, 1.82) is 0 Å². The van der Waals surface area contributed by atoms with Gasteiger partial charge in [-0.2, -0.15) is 0 Å². The first-order chi connectivity index (χ1) is 10.5. The van der Waals surface area contributed by atoms with Gasteiger partial charge in [-0.15, -0.1) is 0 Å². The summed E-state index contributed by atoms with van der Waals surface area (Å²) in [5.41, 5.74) is 2.31. The van der Waals surface area contributed by atoms with Gasteiger partial charge in [-0.1, -0.05) is 32.0 Å². The zero-order valence-electron chi connectivity index (χ0n) is 12.9. The molecule has 2 amide bonds. The lowest BCUT2D eigenvalue weighted by Crippen LogP contribution is -2.15. The van der Waals surface area contributed by atoms with Gasteiger partial charge in [0.05, 0.1) is 0 Å². The molecule has 0 saturated carbocycles. The lowest BCUT2D eigenvalue weighted by molar-refractivity contribution is -0.114. The molecular formula is C17H19N3O2. The number of aromatic nitrogens is 1. The van der Waals surface area contributed by atoms with Crippen molar-refractivity contribution in [2.24, 2.45) is 0 Å². The van der Waals surface area contributed by atoms with Crippen molar-refractivity contribution >= 4 is 23.3 Å². The van der Waals surface area contributed by atoms with Gasteiger partial charge in [0, 0.05) is 24.4 Å². The Hall–Kier alpha value is -2.69. The van der Waals surface area contributed by atoms with E-state index < -0.39 is 0 Å². The minimum atomic E-state index is -0.234. The van der Waals surface area contributed by atoms with Gasteiger partial charge in [0.15, 0.2) is 0 Å². The van der Waals surface area contributed by atoms with Crippen LogP contribution in [0.5, 0.6) is 0 Å². The Bertz CT molecular complexity index is 696. The van der Waals surface area contributed by atoms with Crippen molar-refractivity contribution in [1.82, 2.24) is 4.98 Å². The van der Waals surface area contributed by atoms with Crippen LogP contribution in [-0.4, -0.2) is 16.8 Å². The number of carbonyl (C=O) groups excluding carboxylic acids is 2. The van der Waals surface area contributed by atoms with Gasteiger partial charge in [0.1, 0.15) is 5.82 Å². The molecule has 0 unspecified atom stereocenters. The van der Waals surface area contributed by atoms with Crippen LogP contribution in [0.3, 0.4) is 0 Å². The van der Waals surface area contributed by atoms with E-state index in [1.165, 1.54) is 13.1 Å². The van der Waals surface area contributed by atoms with E-state index >= 15 is 0 Å². The summed E-state index contributed by atoms with van der Waals surface area (Å²) < 4.78 is 0. The summed E-state index contributed by atoms with van der Waals surface area (Å²) in [6.45, 7) is 5.55. The molecule has 1 aromatic carbocycles. The summed E-state index contributed by atoms with van der Waals surface area (Å²) in [7, 11) is 0. The van der Waals surface area contributed by atoms with Crippen molar-refractivity contribution in [2.45, 2.75) is 26.7 Å². The first-order valence-corrected chi connectivity index (χ1v) is 7.11.